The Labute approximate surface area is 246 Å². The predicted molar refractivity (Wildman–Crippen MR) is 135 cm³/mol. The molecule has 0 aliphatic rings. The van der Waals surface area contributed by atoms with Gasteiger partial charge in [-0.25, -0.2) is 18.7 Å². The third-order valence-corrected chi connectivity index (χ3v) is 6.16. The van der Waals surface area contributed by atoms with E-state index < -0.39 is 54.2 Å². The smallest absolute Gasteiger partial charge is 0.426 e. The largest absolute Gasteiger partial charge is 0.514 e. The lowest BCUT2D eigenvalue weighted by molar-refractivity contribution is -0.522. The average molecular weight is 649 g/mol. The van der Waals surface area contributed by atoms with Gasteiger partial charge in [-0.15, -0.1) is 0 Å². The number of hydrogen-bond acceptors (Lipinski definition) is 7. The molecule has 2 aromatic carbocycles. The fourth-order valence-electron chi connectivity index (χ4n) is 3.51. The molecule has 0 amide bonds. The van der Waals surface area contributed by atoms with E-state index >= 15 is 0 Å². The lowest BCUT2D eigenvalue weighted by Crippen LogP contribution is -2.55. The normalized spacial score (nSPS) is 13.5. The summed E-state index contributed by atoms with van der Waals surface area (Å²) in [5.41, 5.74) is -2.08. The minimum atomic E-state index is -6.44. The van der Waals surface area contributed by atoms with Crippen molar-refractivity contribution in [1.29, 1.82) is 0 Å². The van der Waals surface area contributed by atoms with Gasteiger partial charge in [-0.05, 0) is 62.1 Å². The minimum absolute atomic E-state index is 0.0138. The Bertz CT molecular complexity index is 1370. The summed E-state index contributed by atoms with van der Waals surface area (Å²) >= 11 is 0. The number of benzene rings is 2. The van der Waals surface area contributed by atoms with Crippen LogP contribution in [0.4, 0.5) is 44.3 Å². The van der Waals surface area contributed by atoms with Gasteiger partial charge >= 0.3 is 36.6 Å². The lowest BCUT2D eigenvalue weighted by Gasteiger charge is -2.33. The number of carbonyl (C=O) groups is 2. The number of aryl methyl sites for hydroxylation is 2. The van der Waals surface area contributed by atoms with Crippen molar-refractivity contribution < 1.29 is 72.8 Å². The molecule has 0 saturated heterocycles. The zero-order chi connectivity index (χ0) is 34.1. The highest BCUT2D eigenvalue weighted by atomic mass is 19.3. The second-order valence-corrected chi connectivity index (χ2v) is 10.7. The number of alkyl halides is 9. The van der Waals surface area contributed by atoms with Crippen LogP contribution in [0.1, 0.15) is 56.9 Å². The average Bonchev–Trinajstić information content (AvgIpc) is 2.83. The van der Waals surface area contributed by atoms with Gasteiger partial charge in [0.15, 0.2) is 12.3 Å². The summed E-state index contributed by atoms with van der Waals surface area (Å²) in [7, 11) is 0. The van der Waals surface area contributed by atoms with Crippen molar-refractivity contribution in [2.75, 3.05) is 6.61 Å². The SMILES string of the molecule is CC(=O)Oc1ccc(C(C)(C)c2ccc(OC(=O)OCC(F)(F)OC(F)(F)C(F)(F)OC(F)(F)C(C)(C)F)c(C)c2)cc1C. The Kier molecular flexibility index (Phi) is 10.4. The third kappa shape index (κ3) is 8.77. The van der Waals surface area contributed by atoms with Crippen LogP contribution in [0.5, 0.6) is 11.5 Å². The Balaban J connectivity index is 2.09. The minimum Gasteiger partial charge on any atom is -0.426 e. The molecule has 0 heterocycles. The van der Waals surface area contributed by atoms with Gasteiger partial charge in [-0.3, -0.25) is 4.79 Å². The van der Waals surface area contributed by atoms with Crippen LogP contribution < -0.4 is 9.47 Å². The molecule has 0 atom stereocenters. The summed E-state index contributed by atoms with van der Waals surface area (Å²) in [4.78, 5) is 23.2. The molecule has 0 unspecified atom stereocenters. The summed E-state index contributed by atoms with van der Waals surface area (Å²) in [5.74, 6) is -0.321. The van der Waals surface area contributed by atoms with Crippen molar-refractivity contribution >= 4 is 12.1 Å². The van der Waals surface area contributed by atoms with E-state index in [2.05, 4.69) is 14.2 Å². The van der Waals surface area contributed by atoms with Crippen molar-refractivity contribution in [3.63, 3.8) is 0 Å². The maximum atomic E-state index is 13.8. The van der Waals surface area contributed by atoms with E-state index in [0.29, 0.717) is 22.4 Å². The van der Waals surface area contributed by atoms with E-state index in [1.54, 1.807) is 31.2 Å². The number of ether oxygens (including phenoxy) is 5. The van der Waals surface area contributed by atoms with Crippen molar-refractivity contribution in [3.05, 3.63) is 58.7 Å². The first kappa shape index (κ1) is 36.7. The molecule has 0 aliphatic heterocycles. The van der Waals surface area contributed by atoms with Crippen LogP contribution >= 0.6 is 0 Å². The molecule has 2 rings (SSSR count). The van der Waals surface area contributed by atoms with E-state index in [1.807, 2.05) is 13.8 Å². The van der Waals surface area contributed by atoms with Gasteiger partial charge in [0, 0.05) is 12.3 Å². The Hall–Kier alpha value is -3.53. The van der Waals surface area contributed by atoms with Crippen molar-refractivity contribution in [3.8, 4) is 11.5 Å². The molecule has 0 fully saturated rings. The predicted octanol–water partition coefficient (Wildman–Crippen LogP) is 8.22. The van der Waals surface area contributed by atoms with Gasteiger partial charge in [0.25, 0.3) is 0 Å². The molecule has 0 saturated carbocycles. The summed E-state index contributed by atoms with van der Waals surface area (Å²) in [5, 5.41) is 0. The molecule has 0 aliphatic carbocycles. The van der Waals surface area contributed by atoms with Crippen LogP contribution in [-0.2, 0) is 24.4 Å². The fraction of sp³-hybridized carbons (Fsp3) is 0.500. The van der Waals surface area contributed by atoms with Crippen molar-refractivity contribution in [2.45, 2.75) is 84.0 Å². The zero-order valence-corrected chi connectivity index (χ0v) is 24.4. The molecule has 2 aromatic rings. The molecule has 7 nitrogen and oxygen atoms in total. The lowest BCUT2D eigenvalue weighted by atomic mass is 9.77. The Morgan fingerprint density at radius 3 is 1.50 bits per heavy atom. The molecule has 16 heteroatoms. The molecule has 0 aromatic heterocycles. The van der Waals surface area contributed by atoms with Crippen LogP contribution in [0, 0.1) is 13.8 Å². The number of hydrogen-bond donors (Lipinski definition) is 0. The van der Waals surface area contributed by atoms with Crippen LogP contribution in [0.15, 0.2) is 36.4 Å². The maximum absolute atomic E-state index is 13.8. The maximum Gasteiger partial charge on any atom is 0.514 e. The van der Waals surface area contributed by atoms with Gasteiger partial charge in [0.05, 0.1) is 0 Å². The quantitative estimate of drug-likeness (QED) is 0.0993. The van der Waals surface area contributed by atoms with E-state index in [0.717, 1.165) is 5.56 Å². The number of esters is 1. The molecule has 0 spiro atoms. The third-order valence-electron chi connectivity index (χ3n) is 6.16. The second kappa shape index (κ2) is 12.5. The summed E-state index contributed by atoms with van der Waals surface area (Å²) in [6.07, 6.45) is -25.7. The van der Waals surface area contributed by atoms with Gasteiger partial charge in [0.2, 0.25) is 0 Å². The van der Waals surface area contributed by atoms with Crippen molar-refractivity contribution in [2.24, 2.45) is 0 Å². The highest BCUT2D eigenvalue weighted by Gasteiger charge is 2.69. The van der Waals surface area contributed by atoms with Gasteiger partial charge in [-0.2, -0.15) is 35.1 Å². The van der Waals surface area contributed by atoms with Crippen LogP contribution in [0.3, 0.4) is 0 Å². The zero-order valence-electron chi connectivity index (χ0n) is 24.4. The topological polar surface area (TPSA) is 80.3 Å². The highest BCUT2D eigenvalue weighted by molar-refractivity contribution is 5.70. The first-order valence-corrected chi connectivity index (χ1v) is 12.6. The summed E-state index contributed by atoms with van der Waals surface area (Å²) < 4.78 is 141. The molecule has 44 heavy (non-hydrogen) atoms. The molecular formula is C28H29F9O7. The second-order valence-electron chi connectivity index (χ2n) is 10.7. The van der Waals surface area contributed by atoms with Crippen LogP contribution in [0.2, 0.25) is 0 Å². The number of rotatable bonds is 12. The van der Waals surface area contributed by atoms with Gasteiger partial charge < -0.3 is 14.2 Å². The first-order chi connectivity index (χ1) is 19.7. The summed E-state index contributed by atoms with van der Waals surface area (Å²) in [6.45, 7) is 5.83. The number of halogens is 9. The summed E-state index contributed by atoms with van der Waals surface area (Å²) in [6, 6.07) is 9.56. The molecule has 0 bridgehead atoms. The van der Waals surface area contributed by atoms with E-state index in [-0.39, 0.29) is 19.6 Å². The van der Waals surface area contributed by atoms with E-state index in [1.165, 1.54) is 26.0 Å². The van der Waals surface area contributed by atoms with Gasteiger partial charge in [-0.1, -0.05) is 38.1 Å². The molecule has 0 radical (unpaired) electrons. The fourth-order valence-corrected chi connectivity index (χ4v) is 3.51. The first-order valence-electron chi connectivity index (χ1n) is 12.6. The Morgan fingerprint density at radius 2 is 1.09 bits per heavy atom. The van der Waals surface area contributed by atoms with E-state index in [4.69, 9.17) is 9.47 Å². The standard InChI is InChI=1S/C28H29F9O7/c1-15-12-18(8-10-20(15)41-17(3)38)23(4,5)19-9-11-21(16(2)13-19)42-22(39)40-14-25(30,31)43-27(34,35)28(36,37)44-26(32,33)24(6,7)29/h8-13H,14H2,1-7H3. The Morgan fingerprint density at radius 1 is 0.659 bits per heavy atom. The monoisotopic (exact) mass is 648 g/mol. The van der Waals surface area contributed by atoms with Crippen LogP contribution in [0.25, 0.3) is 0 Å². The molecule has 0 N–H and O–H groups in total. The van der Waals surface area contributed by atoms with Crippen molar-refractivity contribution in [1.82, 2.24) is 0 Å². The van der Waals surface area contributed by atoms with Gasteiger partial charge in [0.1, 0.15) is 11.5 Å². The number of carbonyl (C=O) groups excluding carboxylic acids is 2. The van der Waals surface area contributed by atoms with E-state index in [9.17, 15) is 49.1 Å². The molecular weight excluding hydrogens is 619 g/mol. The molecule has 246 valence electrons. The highest BCUT2D eigenvalue weighted by Crippen LogP contribution is 2.46. The van der Waals surface area contributed by atoms with Crippen LogP contribution in [-0.4, -0.2) is 48.8 Å².